The highest BCUT2D eigenvalue weighted by atomic mass is 16.6. The Morgan fingerprint density at radius 1 is 1.52 bits per heavy atom. The van der Waals surface area contributed by atoms with Gasteiger partial charge in [-0.15, -0.1) is 0 Å². The molecule has 0 spiro atoms. The van der Waals surface area contributed by atoms with Crippen LogP contribution in [0.3, 0.4) is 0 Å². The van der Waals surface area contributed by atoms with E-state index in [4.69, 9.17) is 5.26 Å². The molecule has 0 unspecified atom stereocenters. The lowest BCUT2D eigenvalue weighted by Crippen LogP contribution is -2.38. The first-order chi connectivity index (χ1) is 9.93. The van der Waals surface area contributed by atoms with Gasteiger partial charge in [-0.1, -0.05) is 19.9 Å². The van der Waals surface area contributed by atoms with Crippen LogP contribution in [0.1, 0.15) is 20.3 Å². The molecule has 7 nitrogen and oxygen atoms in total. The molecule has 0 saturated heterocycles. The van der Waals surface area contributed by atoms with E-state index < -0.39 is 4.92 Å². The summed E-state index contributed by atoms with van der Waals surface area (Å²) < 4.78 is 0. The average Bonchev–Trinajstić information content (AvgIpc) is 2.43. The van der Waals surface area contributed by atoms with Gasteiger partial charge in [0.1, 0.15) is 0 Å². The van der Waals surface area contributed by atoms with E-state index in [0.717, 1.165) is 0 Å². The zero-order chi connectivity index (χ0) is 15.8. The summed E-state index contributed by atoms with van der Waals surface area (Å²) >= 11 is 0. The molecule has 0 heterocycles. The van der Waals surface area contributed by atoms with Crippen LogP contribution in [0.4, 0.5) is 16.2 Å². The highest BCUT2D eigenvalue weighted by molar-refractivity contribution is 5.89. The van der Waals surface area contributed by atoms with E-state index in [1.54, 1.807) is 6.07 Å². The van der Waals surface area contributed by atoms with Gasteiger partial charge in [-0.2, -0.15) is 5.26 Å². The lowest BCUT2D eigenvalue weighted by atomic mass is 10.2. The largest absolute Gasteiger partial charge is 0.323 e. The molecule has 0 aliphatic carbocycles. The lowest BCUT2D eigenvalue weighted by Gasteiger charge is -2.23. The number of amides is 2. The van der Waals surface area contributed by atoms with Crippen LogP contribution in [-0.4, -0.2) is 28.9 Å². The third-order valence-electron chi connectivity index (χ3n) is 2.67. The van der Waals surface area contributed by atoms with Crippen molar-refractivity contribution in [3.8, 4) is 6.07 Å². The van der Waals surface area contributed by atoms with Crippen LogP contribution in [0, 0.1) is 27.4 Å². The number of nitriles is 1. The van der Waals surface area contributed by atoms with E-state index in [2.05, 4.69) is 5.32 Å². The second-order valence-electron chi connectivity index (χ2n) is 4.99. The molecule has 0 saturated carbocycles. The molecule has 0 atom stereocenters. The van der Waals surface area contributed by atoms with Crippen LogP contribution in [-0.2, 0) is 0 Å². The van der Waals surface area contributed by atoms with Gasteiger partial charge in [0.15, 0.2) is 0 Å². The molecule has 0 aliphatic heterocycles. The highest BCUT2D eigenvalue weighted by Crippen LogP contribution is 2.17. The predicted octanol–water partition coefficient (Wildman–Crippen LogP) is 3.00. The summed E-state index contributed by atoms with van der Waals surface area (Å²) in [6.45, 7) is 4.79. The first-order valence-electron chi connectivity index (χ1n) is 6.61. The summed E-state index contributed by atoms with van der Waals surface area (Å²) in [4.78, 5) is 23.9. The van der Waals surface area contributed by atoms with Gasteiger partial charge >= 0.3 is 6.03 Å². The maximum absolute atomic E-state index is 12.2. The molecule has 1 N–H and O–H groups in total. The third kappa shape index (κ3) is 5.48. The van der Waals surface area contributed by atoms with Crippen molar-refractivity contribution in [1.29, 1.82) is 5.26 Å². The molecule has 0 aliphatic rings. The Hall–Kier alpha value is -2.62. The van der Waals surface area contributed by atoms with Crippen LogP contribution in [0.2, 0.25) is 0 Å². The molecule has 2 amide bonds. The number of nitrogens with zero attached hydrogens (tertiary/aromatic N) is 3. The molecule has 0 aromatic heterocycles. The van der Waals surface area contributed by atoms with Crippen LogP contribution in [0.15, 0.2) is 24.3 Å². The number of carbonyl (C=O) groups is 1. The molecule has 1 rings (SSSR count). The van der Waals surface area contributed by atoms with Crippen molar-refractivity contribution in [2.45, 2.75) is 20.3 Å². The number of urea groups is 1. The van der Waals surface area contributed by atoms with Gasteiger partial charge in [0.05, 0.1) is 17.4 Å². The number of nitro groups is 1. The number of benzene rings is 1. The Bertz CT molecular complexity index is 551. The highest BCUT2D eigenvalue weighted by Gasteiger charge is 2.15. The van der Waals surface area contributed by atoms with Gasteiger partial charge in [0, 0.05) is 30.9 Å². The number of rotatable bonds is 6. The smallest absolute Gasteiger partial charge is 0.321 e. The minimum absolute atomic E-state index is 0.0831. The summed E-state index contributed by atoms with van der Waals surface area (Å²) in [5, 5.41) is 22.0. The molecular weight excluding hydrogens is 272 g/mol. The van der Waals surface area contributed by atoms with Crippen LogP contribution in [0.5, 0.6) is 0 Å². The van der Waals surface area contributed by atoms with Crippen molar-refractivity contribution < 1.29 is 9.72 Å². The number of carbonyl (C=O) groups excluding carboxylic acids is 1. The Balaban J connectivity index is 2.78. The third-order valence-corrected chi connectivity index (χ3v) is 2.67. The van der Waals surface area contributed by atoms with Gasteiger partial charge in [-0.05, 0) is 12.0 Å². The summed E-state index contributed by atoms with van der Waals surface area (Å²) in [6.07, 6.45) is 0.245. The van der Waals surface area contributed by atoms with Crippen molar-refractivity contribution in [2.24, 2.45) is 5.92 Å². The van der Waals surface area contributed by atoms with E-state index in [-0.39, 0.29) is 24.1 Å². The number of nitro benzene ring substituents is 1. The van der Waals surface area contributed by atoms with E-state index in [9.17, 15) is 14.9 Å². The zero-order valence-corrected chi connectivity index (χ0v) is 12.1. The van der Waals surface area contributed by atoms with Gasteiger partial charge in [0.25, 0.3) is 5.69 Å². The second-order valence-corrected chi connectivity index (χ2v) is 4.99. The van der Waals surface area contributed by atoms with Crippen LogP contribution in [0.25, 0.3) is 0 Å². The quantitative estimate of drug-likeness (QED) is 0.643. The molecule has 1 aromatic carbocycles. The minimum atomic E-state index is -0.517. The monoisotopic (exact) mass is 290 g/mol. The van der Waals surface area contributed by atoms with Crippen LogP contribution < -0.4 is 5.32 Å². The molecule has 1 aromatic rings. The number of nitrogens with one attached hydrogen (secondary N) is 1. The SMILES string of the molecule is CC(C)CN(CCC#N)C(=O)Nc1cccc([N+](=O)[O-])c1. The topological polar surface area (TPSA) is 99.3 Å². The summed E-state index contributed by atoms with van der Waals surface area (Å²) in [5.74, 6) is 0.263. The Kier molecular flexibility index (Phi) is 6.14. The first kappa shape index (κ1) is 16.4. The van der Waals surface area contributed by atoms with Crippen molar-refractivity contribution in [3.63, 3.8) is 0 Å². The number of non-ortho nitro benzene ring substituents is 1. The molecule has 0 bridgehead atoms. The second kappa shape index (κ2) is 7.85. The molecule has 7 heteroatoms. The zero-order valence-electron chi connectivity index (χ0n) is 12.1. The molecule has 21 heavy (non-hydrogen) atoms. The fourth-order valence-electron chi connectivity index (χ4n) is 1.80. The number of hydrogen-bond acceptors (Lipinski definition) is 4. The normalized spacial score (nSPS) is 10.0. The van der Waals surface area contributed by atoms with Crippen molar-refractivity contribution in [1.82, 2.24) is 4.90 Å². The summed E-state index contributed by atoms with van der Waals surface area (Å²) in [7, 11) is 0. The maximum atomic E-state index is 12.2. The van der Waals surface area contributed by atoms with Crippen molar-refractivity contribution in [3.05, 3.63) is 34.4 Å². The fraction of sp³-hybridized carbons (Fsp3) is 0.429. The standard InChI is InChI=1S/C14H18N4O3/c1-11(2)10-17(8-4-7-15)14(19)16-12-5-3-6-13(9-12)18(20)21/h3,5-6,9,11H,4,8,10H2,1-2H3,(H,16,19). The molecule has 112 valence electrons. The predicted molar refractivity (Wildman–Crippen MR) is 78.8 cm³/mol. The molecule has 0 radical (unpaired) electrons. The summed E-state index contributed by atoms with van der Waals surface area (Å²) in [5.41, 5.74) is 0.278. The fourth-order valence-corrected chi connectivity index (χ4v) is 1.80. The van der Waals surface area contributed by atoms with Gasteiger partial charge in [0.2, 0.25) is 0 Å². The van der Waals surface area contributed by atoms with E-state index in [1.807, 2.05) is 19.9 Å². The average molecular weight is 290 g/mol. The van der Waals surface area contributed by atoms with E-state index in [1.165, 1.54) is 23.1 Å². The number of anilines is 1. The Morgan fingerprint density at radius 3 is 2.81 bits per heavy atom. The van der Waals surface area contributed by atoms with Crippen molar-refractivity contribution >= 4 is 17.4 Å². The van der Waals surface area contributed by atoms with Gasteiger partial charge in [-0.3, -0.25) is 10.1 Å². The van der Waals surface area contributed by atoms with E-state index in [0.29, 0.717) is 18.8 Å². The van der Waals surface area contributed by atoms with Gasteiger partial charge in [-0.25, -0.2) is 4.79 Å². The lowest BCUT2D eigenvalue weighted by molar-refractivity contribution is -0.384. The summed E-state index contributed by atoms with van der Waals surface area (Å²) in [6, 6.07) is 7.40. The van der Waals surface area contributed by atoms with Crippen LogP contribution >= 0.6 is 0 Å². The minimum Gasteiger partial charge on any atom is -0.323 e. The van der Waals surface area contributed by atoms with Crippen molar-refractivity contribution in [2.75, 3.05) is 18.4 Å². The number of hydrogen-bond donors (Lipinski definition) is 1. The Labute approximate surface area is 123 Å². The maximum Gasteiger partial charge on any atom is 0.321 e. The molecule has 0 fully saturated rings. The first-order valence-corrected chi connectivity index (χ1v) is 6.61. The van der Waals surface area contributed by atoms with Gasteiger partial charge < -0.3 is 10.2 Å². The van der Waals surface area contributed by atoms with E-state index >= 15 is 0 Å². The molecular formula is C14H18N4O3. The Morgan fingerprint density at radius 2 is 2.24 bits per heavy atom.